The second kappa shape index (κ2) is 6.64. The lowest BCUT2D eigenvalue weighted by Crippen LogP contribution is -2.14. The van der Waals surface area contributed by atoms with Crippen LogP contribution < -0.4 is 11.1 Å². The molecule has 3 aromatic heterocycles. The lowest BCUT2D eigenvalue weighted by Gasteiger charge is -2.10. The van der Waals surface area contributed by atoms with Gasteiger partial charge in [0.15, 0.2) is 5.52 Å². The van der Waals surface area contributed by atoms with Crippen molar-refractivity contribution in [3.8, 4) is 10.4 Å². The van der Waals surface area contributed by atoms with E-state index >= 15 is 0 Å². The van der Waals surface area contributed by atoms with E-state index in [0.29, 0.717) is 22.3 Å². The molecular formula is C22H14N6O2S. The molecular weight excluding hydrogens is 412 g/mol. The standard InChI is InChI=1S/C22H14N6O2S/c23-19-14(5-6-16-21(19)28-30-27-16)22(29)25-13-7-12-10-24-26-20(12)15(9-13)18-8-11-3-1-2-4-17(11)31-18/h1-10H,23H2,(H,24,26)(H,25,29). The summed E-state index contributed by atoms with van der Waals surface area (Å²) >= 11 is 1.69. The molecule has 150 valence electrons. The first kappa shape index (κ1) is 17.6. The number of aromatic amines is 1. The Balaban J connectivity index is 1.43. The number of nitrogens with zero attached hydrogens (tertiary/aromatic N) is 3. The smallest absolute Gasteiger partial charge is 0.257 e. The molecule has 6 aromatic rings. The quantitative estimate of drug-likeness (QED) is 0.349. The van der Waals surface area contributed by atoms with Gasteiger partial charge in [0.2, 0.25) is 0 Å². The van der Waals surface area contributed by atoms with Gasteiger partial charge in [0.05, 0.1) is 23.0 Å². The summed E-state index contributed by atoms with van der Waals surface area (Å²) in [5, 5.41) is 19.8. The number of fused-ring (bicyclic) bond motifs is 3. The number of nitrogen functional groups attached to an aromatic ring is 1. The van der Waals surface area contributed by atoms with Crippen molar-refractivity contribution < 1.29 is 9.42 Å². The zero-order chi connectivity index (χ0) is 20.9. The summed E-state index contributed by atoms with van der Waals surface area (Å²) in [6, 6.07) is 17.4. The van der Waals surface area contributed by atoms with Gasteiger partial charge in [-0.05, 0) is 52.1 Å². The van der Waals surface area contributed by atoms with Crippen LogP contribution in [0, 0.1) is 0 Å². The first-order valence-electron chi connectivity index (χ1n) is 9.45. The molecule has 0 aliphatic carbocycles. The molecule has 0 aliphatic heterocycles. The fourth-order valence-electron chi connectivity index (χ4n) is 3.71. The molecule has 0 saturated carbocycles. The summed E-state index contributed by atoms with van der Waals surface area (Å²) in [4.78, 5) is 14.1. The van der Waals surface area contributed by atoms with E-state index in [9.17, 15) is 4.79 Å². The summed E-state index contributed by atoms with van der Waals surface area (Å²) in [5.74, 6) is -0.340. The van der Waals surface area contributed by atoms with Gasteiger partial charge in [0.1, 0.15) is 5.52 Å². The Labute approximate surface area is 178 Å². The normalized spacial score (nSPS) is 11.5. The van der Waals surface area contributed by atoms with Gasteiger partial charge in [-0.1, -0.05) is 18.2 Å². The van der Waals surface area contributed by atoms with Gasteiger partial charge >= 0.3 is 0 Å². The molecule has 9 heteroatoms. The number of rotatable bonds is 3. The number of carbonyl (C=O) groups is 1. The first-order valence-corrected chi connectivity index (χ1v) is 10.3. The molecule has 0 unspecified atom stereocenters. The third-order valence-electron chi connectivity index (χ3n) is 5.21. The van der Waals surface area contributed by atoms with E-state index in [-0.39, 0.29) is 11.6 Å². The van der Waals surface area contributed by atoms with Crippen molar-refractivity contribution in [1.82, 2.24) is 20.5 Å². The zero-order valence-electron chi connectivity index (χ0n) is 15.9. The van der Waals surface area contributed by atoms with Crippen molar-refractivity contribution in [2.75, 3.05) is 11.1 Å². The second-order valence-electron chi connectivity index (χ2n) is 7.12. The number of nitrogens with one attached hydrogen (secondary N) is 2. The fourth-order valence-corrected chi connectivity index (χ4v) is 4.79. The predicted octanol–water partition coefficient (Wildman–Crippen LogP) is 4.82. The van der Waals surface area contributed by atoms with Gasteiger partial charge in [0, 0.05) is 26.2 Å². The first-order chi connectivity index (χ1) is 15.2. The molecule has 4 N–H and O–H groups in total. The van der Waals surface area contributed by atoms with Crippen LogP contribution in [0.15, 0.2) is 65.4 Å². The van der Waals surface area contributed by atoms with Gasteiger partial charge < -0.3 is 11.1 Å². The SMILES string of the molecule is Nc1c(C(=O)Nc2cc(-c3cc4ccccc4s3)c3[nH]ncc3c2)ccc2nonc12. The van der Waals surface area contributed by atoms with Crippen LogP contribution in [0.1, 0.15) is 10.4 Å². The Morgan fingerprint density at radius 2 is 1.97 bits per heavy atom. The number of amides is 1. The topological polar surface area (TPSA) is 123 Å². The summed E-state index contributed by atoms with van der Waals surface area (Å²) < 4.78 is 5.90. The number of nitrogens with two attached hydrogens (primary N) is 1. The van der Waals surface area contributed by atoms with Crippen LogP contribution in [0.4, 0.5) is 11.4 Å². The van der Waals surface area contributed by atoms with Gasteiger partial charge in [0.25, 0.3) is 5.91 Å². The van der Waals surface area contributed by atoms with Crippen LogP contribution >= 0.6 is 11.3 Å². The number of carbonyl (C=O) groups excluding carboxylic acids is 1. The maximum Gasteiger partial charge on any atom is 0.257 e. The molecule has 0 fully saturated rings. The molecule has 1 amide bonds. The zero-order valence-corrected chi connectivity index (χ0v) is 16.7. The molecule has 3 heterocycles. The second-order valence-corrected chi connectivity index (χ2v) is 8.20. The maximum atomic E-state index is 13.0. The van der Waals surface area contributed by atoms with E-state index in [0.717, 1.165) is 21.3 Å². The number of aromatic nitrogens is 4. The molecule has 6 rings (SSSR count). The predicted molar refractivity (Wildman–Crippen MR) is 121 cm³/mol. The average molecular weight is 426 g/mol. The average Bonchev–Trinajstić information content (AvgIpc) is 3.51. The number of anilines is 2. The minimum atomic E-state index is -0.340. The highest BCUT2D eigenvalue weighted by atomic mass is 32.1. The highest BCUT2D eigenvalue weighted by Crippen LogP contribution is 2.38. The van der Waals surface area contributed by atoms with Crippen LogP contribution in [0.25, 0.3) is 42.5 Å². The Hall–Kier alpha value is -4.24. The van der Waals surface area contributed by atoms with Crippen molar-refractivity contribution in [1.29, 1.82) is 0 Å². The van der Waals surface area contributed by atoms with Crippen molar-refractivity contribution in [2.24, 2.45) is 0 Å². The monoisotopic (exact) mass is 426 g/mol. The van der Waals surface area contributed by atoms with E-state index in [1.165, 1.54) is 10.1 Å². The molecule has 31 heavy (non-hydrogen) atoms. The molecule has 0 radical (unpaired) electrons. The molecule has 0 atom stereocenters. The van der Waals surface area contributed by atoms with E-state index in [1.54, 1.807) is 29.7 Å². The number of benzene rings is 3. The van der Waals surface area contributed by atoms with Crippen LogP contribution in [-0.2, 0) is 0 Å². The lowest BCUT2D eigenvalue weighted by atomic mass is 10.1. The third kappa shape index (κ3) is 2.82. The van der Waals surface area contributed by atoms with Crippen molar-refractivity contribution >= 4 is 60.6 Å². The Morgan fingerprint density at radius 3 is 2.87 bits per heavy atom. The largest absolute Gasteiger partial charge is 0.396 e. The molecule has 0 bridgehead atoms. The highest BCUT2D eigenvalue weighted by molar-refractivity contribution is 7.22. The molecule has 8 nitrogen and oxygen atoms in total. The van der Waals surface area contributed by atoms with Gasteiger partial charge in [-0.3, -0.25) is 9.89 Å². The van der Waals surface area contributed by atoms with Crippen molar-refractivity contribution in [3.05, 3.63) is 66.4 Å². The molecule has 0 aliphatic rings. The minimum Gasteiger partial charge on any atom is -0.396 e. The summed E-state index contributed by atoms with van der Waals surface area (Å²) in [7, 11) is 0. The van der Waals surface area contributed by atoms with Crippen molar-refractivity contribution in [2.45, 2.75) is 0 Å². The van der Waals surface area contributed by atoms with Crippen molar-refractivity contribution in [3.63, 3.8) is 0 Å². The maximum absolute atomic E-state index is 13.0. The van der Waals surface area contributed by atoms with E-state index in [4.69, 9.17) is 10.4 Å². The highest BCUT2D eigenvalue weighted by Gasteiger charge is 2.17. The van der Waals surface area contributed by atoms with E-state index in [2.05, 4.69) is 44.0 Å². The van der Waals surface area contributed by atoms with Crippen LogP contribution in [0.5, 0.6) is 0 Å². The van der Waals surface area contributed by atoms with Gasteiger partial charge in [-0.15, -0.1) is 11.3 Å². The lowest BCUT2D eigenvalue weighted by molar-refractivity contribution is 0.102. The molecule has 0 saturated heterocycles. The summed E-state index contributed by atoms with van der Waals surface area (Å²) in [6.45, 7) is 0. The van der Waals surface area contributed by atoms with Crippen LogP contribution in [-0.4, -0.2) is 26.4 Å². The number of H-pyrrole nitrogens is 1. The number of hydrogen-bond acceptors (Lipinski definition) is 7. The Kier molecular flexibility index (Phi) is 3.77. The van der Waals surface area contributed by atoms with Crippen LogP contribution in [0.3, 0.4) is 0 Å². The third-order valence-corrected chi connectivity index (χ3v) is 6.36. The van der Waals surface area contributed by atoms with E-state index in [1.807, 2.05) is 24.3 Å². The number of hydrogen-bond donors (Lipinski definition) is 3. The number of thiophene rings is 1. The Morgan fingerprint density at radius 1 is 1.06 bits per heavy atom. The molecule has 3 aromatic carbocycles. The van der Waals surface area contributed by atoms with Gasteiger partial charge in [-0.2, -0.15) is 5.10 Å². The fraction of sp³-hybridized carbons (Fsp3) is 0. The summed E-state index contributed by atoms with van der Waals surface area (Å²) in [6.07, 6.45) is 1.74. The Bertz CT molecular complexity index is 1580. The minimum absolute atomic E-state index is 0.227. The molecule has 0 spiro atoms. The van der Waals surface area contributed by atoms with E-state index < -0.39 is 0 Å². The summed E-state index contributed by atoms with van der Waals surface area (Å²) in [5.41, 5.74) is 10.0. The van der Waals surface area contributed by atoms with Crippen LogP contribution in [0.2, 0.25) is 0 Å². The van der Waals surface area contributed by atoms with Gasteiger partial charge in [-0.25, -0.2) is 4.63 Å².